The van der Waals surface area contributed by atoms with E-state index in [9.17, 15) is 9.59 Å². The lowest BCUT2D eigenvalue weighted by Gasteiger charge is -2.29. The maximum Gasteiger partial charge on any atom is 0.252 e. The minimum atomic E-state index is -0.482. The molecule has 1 aromatic rings. The van der Waals surface area contributed by atoms with Gasteiger partial charge in [-0.15, -0.1) is 0 Å². The molecule has 0 unspecified atom stereocenters. The maximum atomic E-state index is 12.6. The third kappa shape index (κ3) is 2.62. The topological polar surface area (TPSA) is 67.9 Å². The van der Waals surface area contributed by atoms with Crippen LogP contribution in [0, 0.1) is 0 Å². The van der Waals surface area contributed by atoms with Crippen molar-refractivity contribution in [3.8, 4) is 11.5 Å². The molecule has 1 saturated heterocycles. The van der Waals surface area contributed by atoms with Gasteiger partial charge < -0.3 is 14.8 Å². The fourth-order valence-corrected chi connectivity index (χ4v) is 3.67. The van der Waals surface area contributed by atoms with Gasteiger partial charge in [0.2, 0.25) is 12.7 Å². The minimum Gasteiger partial charge on any atom is -0.454 e. The molecule has 122 valence electrons. The number of amides is 2. The van der Waals surface area contributed by atoms with Crippen molar-refractivity contribution in [2.24, 2.45) is 0 Å². The van der Waals surface area contributed by atoms with Gasteiger partial charge in [-0.05, 0) is 25.0 Å². The summed E-state index contributed by atoms with van der Waals surface area (Å²) in [5, 5.41) is 3.17. The monoisotopic (exact) mass is 316 g/mol. The highest BCUT2D eigenvalue weighted by atomic mass is 16.7. The van der Waals surface area contributed by atoms with Gasteiger partial charge >= 0.3 is 0 Å². The Balaban J connectivity index is 1.47. The summed E-state index contributed by atoms with van der Waals surface area (Å²) in [4.78, 5) is 26.4. The maximum absolute atomic E-state index is 12.6. The van der Waals surface area contributed by atoms with Gasteiger partial charge in [-0.3, -0.25) is 14.5 Å². The minimum absolute atomic E-state index is 0.0554. The quantitative estimate of drug-likeness (QED) is 0.867. The predicted octanol–water partition coefficient (Wildman–Crippen LogP) is 2.29. The molecule has 1 N–H and O–H groups in total. The summed E-state index contributed by atoms with van der Waals surface area (Å²) >= 11 is 0. The van der Waals surface area contributed by atoms with Crippen LogP contribution < -0.4 is 14.8 Å². The molecule has 0 aromatic heterocycles. The molecule has 1 aromatic carbocycles. The first kappa shape index (κ1) is 14.4. The summed E-state index contributed by atoms with van der Waals surface area (Å²) in [5.41, 5.74) is 0.769. The molecule has 2 aliphatic heterocycles. The van der Waals surface area contributed by atoms with Crippen molar-refractivity contribution in [3.05, 3.63) is 18.2 Å². The first-order valence-corrected chi connectivity index (χ1v) is 8.24. The van der Waals surface area contributed by atoms with Crippen molar-refractivity contribution in [2.45, 2.75) is 50.6 Å². The molecule has 1 saturated carbocycles. The van der Waals surface area contributed by atoms with Crippen LogP contribution >= 0.6 is 0 Å². The molecule has 2 amide bonds. The number of benzene rings is 1. The summed E-state index contributed by atoms with van der Waals surface area (Å²) in [5.74, 6) is 1.21. The molecule has 23 heavy (non-hydrogen) atoms. The lowest BCUT2D eigenvalue weighted by Crippen LogP contribution is -2.43. The van der Waals surface area contributed by atoms with Crippen LogP contribution in [0.25, 0.3) is 0 Å². The Hall–Kier alpha value is -2.24. The van der Waals surface area contributed by atoms with Gasteiger partial charge in [0.1, 0.15) is 6.04 Å². The molecule has 4 rings (SSSR count). The third-order valence-corrected chi connectivity index (χ3v) is 4.84. The van der Waals surface area contributed by atoms with Crippen LogP contribution in [0.1, 0.15) is 38.5 Å². The normalized spacial score (nSPS) is 24.3. The number of carbonyl (C=O) groups excluding carboxylic acids is 2. The van der Waals surface area contributed by atoms with Crippen molar-refractivity contribution in [1.82, 2.24) is 4.90 Å². The van der Waals surface area contributed by atoms with E-state index in [-0.39, 0.29) is 31.1 Å². The van der Waals surface area contributed by atoms with Crippen LogP contribution in [0.15, 0.2) is 18.2 Å². The number of nitrogens with one attached hydrogen (secondary N) is 1. The summed E-state index contributed by atoms with van der Waals surface area (Å²) in [6.07, 6.45) is 5.50. The largest absolute Gasteiger partial charge is 0.454 e. The lowest BCUT2D eigenvalue weighted by molar-refractivity contribution is -0.141. The van der Waals surface area contributed by atoms with E-state index in [1.165, 1.54) is 11.3 Å². The first-order chi connectivity index (χ1) is 11.2. The molecule has 6 heteroatoms. The van der Waals surface area contributed by atoms with Crippen LogP contribution in [0.3, 0.4) is 0 Å². The number of ether oxygens (including phenoxy) is 2. The van der Waals surface area contributed by atoms with E-state index in [2.05, 4.69) is 5.32 Å². The van der Waals surface area contributed by atoms with E-state index in [4.69, 9.17) is 9.47 Å². The molecule has 2 fully saturated rings. The van der Waals surface area contributed by atoms with Crippen molar-refractivity contribution in [2.75, 3.05) is 12.1 Å². The molecule has 1 aliphatic carbocycles. The van der Waals surface area contributed by atoms with Gasteiger partial charge in [-0.2, -0.15) is 0 Å². The number of likely N-dealkylation sites (tertiary alicyclic amines) is 1. The molecule has 2 heterocycles. The first-order valence-electron chi connectivity index (χ1n) is 8.24. The lowest BCUT2D eigenvalue weighted by atomic mass is 9.94. The Morgan fingerprint density at radius 3 is 2.65 bits per heavy atom. The molecular weight excluding hydrogens is 296 g/mol. The number of imide groups is 1. The molecule has 6 nitrogen and oxygen atoms in total. The van der Waals surface area contributed by atoms with Crippen molar-refractivity contribution in [3.63, 3.8) is 0 Å². The molecule has 0 bridgehead atoms. The fourth-order valence-electron chi connectivity index (χ4n) is 3.67. The van der Waals surface area contributed by atoms with Crippen LogP contribution in [0.2, 0.25) is 0 Å². The predicted molar refractivity (Wildman–Crippen MR) is 83.3 cm³/mol. The summed E-state index contributed by atoms with van der Waals surface area (Å²) < 4.78 is 10.6. The number of hydrogen-bond acceptors (Lipinski definition) is 5. The van der Waals surface area contributed by atoms with E-state index in [0.717, 1.165) is 31.4 Å². The molecule has 3 aliphatic rings. The zero-order chi connectivity index (χ0) is 15.8. The van der Waals surface area contributed by atoms with Gasteiger partial charge in [-0.1, -0.05) is 19.3 Å². The SMILES string of the molecule is O=C1C[C@@H](Nc2ccc3c(c2)OCO3)C(=O)N1C1CCCCC1. The molecule has 0 spiro atoms. The smallest absolute Gasteiger partial charge is 0.252 e. The van der Waals surface area contributed by atoms with Crippen molar-refractivity contribution < 1.29 is 19.1 Å². The van der Waals surface area contributed by atoms with E-state index in [1.54, 1.807) is 0 Å². The van der Waals surface area contributed by atoms with Crippen LogP contribution in [-0.4, -0.2) is 35.6 Å². The van der Waals surface area contributed by atoms with Gasteiger partial charge in [0, 0.05) is 17.8 Å². The van der Waals surface area contributed by atoms with Crippen molar-refractivity contribution >= 4 is 17.5 Å². The Morgan fingerprint density at radius 2 is 1.83 bits per heavy atom. The second kappa shape index (κ2) is 5.76. The van der Waals surface area contributed by atoms with Gasteiger partial charge in [0.15, 0.2) is 11.5 Å². The number of fused-ring (bicyclic) bond motifs is 1. The highest BCUT2D eigenvalue weighted by Gasteiger charge is 2.42. The number of carbonyl (C=O) groups is 2. The Labute approximate surface area is 134 Å². The molecule has 1 atom stereocenters. The summed E-state index contributed by atoms with van der Waals surface area (Å²) in [6, 6.07) is 5.07. The fraction of sp³-hybridized carbons (Fsp3) is 0.529. The van der Waals surface area contributed by atoms with E-state index in [1.807, 2.05) is 18.2 Å². The summed E-state index contributed by atoms with van der Waals surface area (Å²) in [6.45, 7) is 0.217. The zero-order valence-corrected chi connectivity index (χ0v) is 12.9. The average molecular weight is 316 g/mol. The van der Waals surface area contributed by atoms with Crippen LogP contribution in [0.5, 0.6) is 11.5 Å². The van der Waals surface area contributed by atoms with E-state index >= 15 is 0 Å². The standard InChI is InChI=1S/C17H20N2O4/c20-16-9-13(17(21)19(16)12-4-2-1-3-5-12)18-11-6-7-14-15(8-11)23-10-22-14/h6-8,12-13,18H,1-5,9-10H2/t13-/m1/s1. The molecule has 0 radical (unpaired) electrons. The third-order valence-electron chi connectivity index (χ3n) is 4.84. The van der Waals surface area contributed by atoms with E-state index < -0.39 is 6.04 Å². The second-order valence-electron chi connectivity index (χ2n) is 6.36. The highest BCUT2D eigenvalue weighted by molar-refractivity contribution is 6.07. The Kier molecular flexibility index (Phi) is 3.59. The summed E-state index contributed by atoms with van der Waals surface area (Å²) in [7, 11) is 0. The Morgan fingerprint density at radius 1 is 1.04 bits per heavy atom. The average Bonchev–Trinajstić information content (AvgIpc) is 3.13. The van der Waals surface area contributed by atoms with Gasteiger partial charge in [0.05, 0.1) is 6.42 Å². The van der Waals surface area contributed by atoms with Crippen LogP contribution in [0.4, 0.5) is 5.69 Å². The number of nitrogens with zero attached hydrogens (tertiary/aromatic N) is 1. The van der Waals surface area contributed by atoms with Gasteiger partial charge in [-0.25, -0.2) is 0 Å². The number of anilines is 1. The van der Waals surface area contributed by atoms with E-state index in [0.29, 0.717) is 11.5 Å². The van der Waals surface area contributed by atoms with Crippen molar-refractivity contribution in [1.29, 1.82) is 0 Å². The number of rotatable bonds is 3. The number of hydrogen-bond donors (Lipinski definition) is 1. The molecular formula is C17H20N2O4. The zero-order valence-electron chi connectivity index (χ0n) is 12.9. The highest BCUT2D eigenvalue weighted by Crippen LogP contribution is 2.35. The second-order valence-corrected chi connectivity index (χ2v) is 6.36. The van der Waals surface area contributed by atoms with Gasteiger partial charge in [0.25, 0.3) is 5.91 Å². The Bertz CT molecular complexity index is 639. The van der Waals surface area contributed by atoms with Crippen LogP contribution in [-0.2, 0) is 9.59 Å².